The van der Waals surface area contributed by atoms with E-state index < -0.39 is 59.2 Å². The average Bonchev–Trinajstić information content (AvgIpc) is 2.34. The first-order valence-electron chi connectivity index (χ1n) is 5.62. The maximum atomic E-state index is 12.8. The van der Waals surface area contributed by atoms with Gasteiger partial charge in [0.05, 0.1) is 18.1 Å². The molecule has 0 unspecified atom stereocenters. The molecule has 12 heteroatoms. The standard InChI is InChI=1S/C11H7F6NO5/c1-2-23-5-3(8(19)20)6(10(12,13)14)18-7(11(15,16)17)4(5)9(21)22/h2H2,1H3,(H,19,20)(H,21,22)/p-1. The number of carboxylic acids is 2. The normalized spacial score (nSPS) is 12.1. The van der Waals surface area contributed by atoms with Gasteiger partial charge in [0.2, 0.25) is 0 Å². The van der Waals surface area contributed by atoms with Gasteiger partial charge in [-0.05, 0) is 6.92 Å². The molecule has 1 heterocycles. The fourth-order valence-corrected chi connectivity index (χ4v) is 1.65. The number of alkyl halides is 6. The lowest BCUT2D eigenvalue weighted by molar-refractivity contribution is -0.256. The zero-order valence-corrected chi connectivity index (χ0v) is 11.0. The van der Waals surface area contributed by atoms with Crippen LogP contribution in [0.5, 0.6) is 5.75 Å². The summed E-state index contributed by atoms with van der Waals surface area (Å²) in [6, 6.07) is 0. The number of hydrogen-bond donors (Lipinski definition) is 1. The van der Waals surface area contributed by atoms with Crippen LogP contribution in [0.15, 0.2) is 0 Å². The van der Waals surface area contributed by atoms with E-state index >= 15 is 0 Å². The zero-order chi connectivity index (χ0) is 18.2. The van der Waals surface area contributed by atoms with E-state index in [2.05, 4.69) is 9.72 Å². The van der Waals surface area contributed by atoms with Crippen LogP contribution in [0.25, 0.3) is 0 Å². The van der Waals surface area contributed by atoms with Crippen molar-refractivity contribution in [2.24, 2.45) is 0 Å². The number of rotatable bonds is 4. The highest BCUT2D eigenvalue weighted by Gasteiger charge is 2.46. The minimum absolute atomic E-state index is 0.598. The lowest BCUT2D eigenvalue weighted by Gasteiger charge is -2.21. The van der Waals surface area contributed by atoms with Crippen molar-refractivity contribution in [3.8, 4) is 5.75 Å². The van der Waals surface area contributed by atoms with Crippen molar-refractivity contribution < 1.29 is 50.9 Å². The second-order valence-corrected chi connectivity index (χ2v) is 3.91. The second-order valence-electron chi connectivity index (χ2n) is 3.91. The third-order valence-corrected chi connectivity index (χ3v) is 2.40. The molecule has 0 aliphatic carbocycles. The molecule has 1 aromatic heterocycles. The van der Waals surface area contributed by atoms with E-state index in [1.807, 2.05) is 0 Å². The molecule has 128 valence electrons. The van der Waals surface area contributed by atoms with E-state index in [-0.39, 0.29) is 0 Å². The van der Waals surface area contributed by atoms with Crippen molar-refractivity contribution in [2.45, 2.75) is 19.3 Å². The number of ether oxygens (including phenoxy) is 1. The maximum absolute atomic E-state index is 12.8. The molecular weight excluding hydrogens is 340 g/mol. The van der Waals surface area contributed by atoms with Crippen LogP contribution >= 0.6 is 0 Å². The van der Waals surface area contributed by atoms with Crippen LogP contribution in [0.1, 0.15) is 39.0 Å². The molecule has 1 N–H and O–H groups in total. The number of aromatic carboxylic acids is 2. The molecule has 0 bridgehead atoms. The third-order valence-electron chi connectivity index (χ3n) is 2.40. The summed E-state index contributed by atoms with van der Waals surface area (Å²) in [5.41, 5.74) is -8.64. The summed E-state index contributed by atoms with van der Waals surface area (Å²) in [4.78, 5) is 24.0. The van der Waals surface area contributed by atoms with Gasteiger partial charge in [-0.15, -0.1) is 0 Å². The minimum atomic E-state index is -5.61. The second kappa shape index (κ2) is 5.93. The van der Waals surface area contributed by atoms with Gasteiger partial charge in [-0.3, -0.25) is 0 Å². The molecule has 1 aromatic rings. The predicted octanol–water partition coefficient (Wildman–Crippen LogP) is 1.58. The van der Waals surface area contributed by atoms with E-state index in [0.29, 0.717) is 0 Å². The Morgan fingerprint density at radius 2 is 1.52 bits per heavy atom. The quantitative estimate of drug-likeness (QED) is 0.831. The third kappa shape index (κ3) is 3.63. The highest BCUT2D eigenvalue weighted by molar-refractivity contribution is 5.99. The smallest absolute Gasteiger partial charge is 0.434 e. The molecule has 0 saturated carbocycles. The molecule has 0 saturated heterocycles. The topological polar surface area (TPSA) is 99.5 Å². The Morgan fingerprint density at radius 1 is 1.09 bits per heavy atom. The summed E-state index contributed by atoms with van der Waals surface area (Å²) in [5.74, 6) is -6.55. The van der Waals surface area contributed by atoms with Crippen molar-refractivity contribution in [1.29, 1.82) is 0 Å². The molecule has 0 aliphatic rings. The van der Waals surface area contributed by atoms with Crippen LogP contribution in [0, 0.1) is 0 Å². The van der Waals surface area contributed by atoms with E-state index in [0.717, 1.165) is 6.92 Å². The van der Waals surface area contributed by atoms with Crippen LogP contribution in [0.3, 0.4) is 0 Å². The van der Waals surface area contributed by atoms with Gasteiger partial charge < -0.3 is 19.7 Å². The van der Waals surface area contributed by atoms with Crippen LogP contribution < -0.4 is 9.84 Å². The Bertz CT molecular complexity index is 602. The SMILES string of the molecule is CCOc1c(C(=O)[O-])c(C(F)(F)F)nc(C(F)(F)F)c1C(=O)O. The minimum Gasteiger partial charge on any atom is -0.545 e. The monoisotopic (exact) mass is 346 g/mol. The van der Waals surface area contributed by atoms with E-state index in [1.165, 1.54) is 0 Å². The summed E-state index contributed by atoms with van der Waals surface area (Å²) >= 11 is 0. The number of nitrogens with zero attached hydrogens (tertiary/aromatic N) is 1. The first-order chi connectivity index (χ1) is 10.3. The van der Waals surface area contributed by atoms with Crippen molar-refractivity contribution in [1.82, 2.24) is 4.98 Å². The molecule has 0 aromatic carbocycles. The number of halogens is 6. The number of hydrogen-bond acceptors (Lipinski definition) is 5. The van der Waals surface area contributed by atoms with Crippen molar-refractivity contribution in [2.75, 3.05) is 6.61 Å². The van der Waals surface area contributed by atoms with Gasteiger partial charge in [-0.25, -0.2) is 9.78 Å². The van der Waals surface area contributed by atoms with Gasteiger partial charge in [-0.2, -0.15) is 26.3 Å². The Kier molecular flexibility index (Phi) is 4.77. The Labute approximate surface area is 123 Å². The maximum Gasteiger partial charge on any atom is 0.434 e. The average molecular weight is 346 g/mol. The van der Waals surface area contributed by atoms with Gasteiger partial charge in [0.1, 0.15) is 11.3 Å². The Balaban J connectivity index is 4.07. The predicted molar refractivity (Wildman–Crippen MR) is 56.7 cm³/mol. The van der Waals surface area contributed by atoms with E-state index in [4.69, 9.17) is 5.11 Å². The van der Waals surface area contributed by atoms with Crippen molar-refractivity contribution >= 4 is 11.9 Å². The summed E-state index contributed by atoms with van der Waals surface area (Å²) < 4.78 is 81.3. The summed E-state index contributed by atoms with van der Waals surface area (Å²) in [6.45, 7) is 0.505. The van der Waals surface area contributed by atoms with Crippen LogP contribution in [0.4, 0.5) is 26.3 Å². The fourth-order valence-electron chi connectivity index (χ4n) is 1.65. The van der Waals surface area contributed by atoms with Gasteiger partial charge in [-0.1, -0.05) is 0 Å². The lowest BCUT2D eigenvalue weighted by Crippen LogP contribution is -2.31. The van der Waals surface area contributed by atoms with Crippen LogP contribution in [-0.2, 0) is 12.4 Å². The number of pyridine rings is 1. The van der Waals surface area contributed by atoms with Gasteiger partial charge in [0.15, 0.2) is 11.4 Å². The number of carbonyl (C=O) groups excluding carboxylic acids is 1. The molecular formula is C11H6F6NO5-. The molecule has 23 heavy (non-hydrogen) atoms. The first kappa shape index (κ1) is 18.5. The summed E-state index contributed by atoms with van der Waals surface area (Å²) in [7, 11) is 0. The summed E-state index contributed by atoms with van der Waals surface area (Å²) in [6.07, 6.45) is -11.2. The molecule has 6 nitrogen and oxygen atoms in total. The highest BCUT2D eigenvalue weighted by Crippen LogP contribution is 2.42. The molecule has 1 rings (SSSR count). The zero-order valence-electron chi connectivity index (χ0n) is 11.0. The summed E-state index contributed by atoms with van der Waals surface area (Å²) in [5, 5.41) is 19.7. The molecule has 0 radical (unpaired) electrons. The molecule has 0 atom stereocenters. The van der Waals surface area contributed by atoms with E-state index in [9.17, 15) is 41.0 Å². The van der Waals surface area contributed by atoms with Crippen molar-refractivity contribution in [3.63, 3.8) is 0 Å². The molecule has 0 aliphatic heterocycles. The fraction of sp³-hybridized carbons (Fsp3) is 0.364. The number of carboxylic acid groups (broad SMARTS) is 2. The van der Waals surface area contributed by atoms with Crippen LogP contribution in [0.2, 0.25) is 0 Å². The Morgan fingerprint density at radius 3 is 1.83 bits per heavy atom. The van der Waals surface area contributed by atoms with Gasteiger partial charge in [0, 0.05) is 0 Å². The number of carbonyl (C=O) groups is 2. The number of aromatic nitrogens is 1. The molecule has 0 amide bonds. The largest absolute Gasteiger partial charge is 0.545 e. The van der Waals surface area contributed by atoms with Crippen LogP contribution in [-0.4, -0.2) is 28.6 Å². The molecule has 0 spiro atoms. The van der Waals surface area contributed by atoms with Crippen molar-refractivity contribution in [3.05, 3.63) is 22.5 Å². The lowest BCUT2D eigenvalue weighted by atomic mass is 10.0. The van der Waals surface area contributed by atoms with Gasteiger partial charge >= 0.3 is 18.3 Å². The highest BCUT2D eigenvalue weighted by atomic mass is 19.4. The Hall–Kier alpha value is -2.53. The van der Waals surface area contributed by atoms with Gasteiger partial charge in [0.25, 0.3) is 0 Å². The van der Waals surface area contributed by atoms with E-state index in [1.54, 1.807) is 0 Å². The first-order valence-corrected chi connectivity index (χ1v) is 5.62. The molecule has 0 fully saturated rings.